The topological polar surface area (TPSA) is 106 Å². The van der Waals surface area contributed by atoms with E-state index in [4.69, 9.17) is 4.74 Å². The monoisotopic (exact) mass is 346 g/mol. The summed E-state index contributed by atoms with van der Waals surface area (Å²) >= 11 is 0. The summed E-state index contributed by atoms with van der Waals surface area (Å²) in [5.41, 5.74) is 0.0593. The quantitative estimate of drug-likeness (QED) is 0.847. The number of carbonyl (C=O) groups excluding carboxylic acids is 1. The molecule has 1 amide bonds. The van der Waals surface area contributed by atoms with Crippen molar-refractivity contribution < 1.29 is 9.53 Å². The predicted octanol–water partition coefficient (Wildman–Crippen LogP) is 0.547. The van der Waals surface area contributed by atoms with E-state index in [2.05, 4.69) is 20.3 Å². The smallest absolute Gasteiger partial charge is 0.274 e. The minimum atomic E-state index is -0.365. The van der Waals surface area contributed by atoms with Crippen LogP contribution < -0.4 is 5.56 Å². The highest BCUT2D eigenvalue weighted by Gasteiger charge is 2.29. The van der Waals surface area contributed by atoms with E-state index >= 15 is 0 Å². The molecule has 1 N–H and O–H groups in total. The fourth-order valence-corrected chi connectivity index (χ4v) is 2.70. The number of rotatable bonds is 5. The van der Waals surface area contributed by atoms with Crippen molar-refractivity contribution in [3.63, 3.8) is 0 Å². The van der Waals surface area contributed by atoms with E-state index in [9.17, 15) is 9.59 Å². The standard InChI is InChI=1S/C16H22N6O3/c1-3-7-22-14(23)6-5-11(20-22)16(24)21-8-9-25-12(10-21)15-17-13(4-2)18-19-15/h5-6,12H,3-4,7-10H2,1-2H3,(H,17,18,19)/t12-/m0/s1. The van der Waals surface area contributed by atoms with Gasteiger partial charge in [0.1, 0.15) is 17.6 Å². The average molecular weight is 346 g/mol. The van der Waals surface area contributed by atoms with E-state index < -0.39 is 0 Å². The Kier molecular flexibility index (Phi) is 5.22. The highest BCUT2D eigenvalue weighted by atomic mass is 16.5. The van der Waals surface area contributed by atoms with Crippen LogP contribution in [-0.2, 0) is 17.7 Å². The lowest BCUT2D eigenvalue weighted by molar-refractivity contribution is -0.0269. The van der Waals surface area contributed by atoms with Gasteiger partial charge < -0.3 is 9.64 Å². The third-order valence-electron chi connectivity index (χ3n) is 4.05. The summed E-state index contributed by atoms with van der Waals surface area (Å²) in [6.45, 7) is 5.66. The van der Waals surface area contributed by atoms with Crippen LogP contribution >= 0.6 is 0 Å². The van der Waals surface area contributed by atoms with E-state index in [1.807, 2.05) is 13.8 Å². The van der Waals surface area contributed by atoms with E-state index in [1.54, 1.807) is 4.90 Å². The maximum atomic E-state index is 12.7. The number of ether oxygens (including phenoxy) is 1. The van der Waals surface area contributed by atoms with Crippen LogP contribution in [0, 0.1) is 0 Å². The molecule has 2 aromatic rings. The zero-order valence-electron chi connectivity index (χ0n) is 14.4. The van der Waals surface area contributed by atoms with E-state index in [1.165, 1.54) is 16.8 Å². The first-order valence-corrected chi connectivity index (χ1v) is 8.52. The molecule has 0 bridgehead atoms. The second kappa shape index (κ2) is 7.56. The summed E-state index contributed by atoms with van der Waals surface area (Å²) in [6, 6.07) is 2.86. The molecule has 0 radical (unpaired) electrons. The second-order valence-corrected chi connectivity index (χ2v) is 5.88. The van der Waals surface area contributed by atoms with Crippen LogP contribution in [0.4, 0.5) is 0 Å². The molecule has 1 fully saturated rings. The zero-order valence-corrected chi connectivity index (χ0v) is 14.4. The van der Waals surface area contributed by atoms with Gasteiger partial charge in [0.15, 0.2) is 5.82 Å². The number of aromatic amines is 1. The molecule has 3 heterocycles. The van der Waals surface area contributed by atoms with Crippen LogP contribution in [-0.4, -0.2) is 55.5 Å². The fourth-order valence-electron chi connectivity index (χ4n) is 2.70. The maximum absolute atomic E-state index is 12.7. The molecule has 2 aromatic heterocycles. The molecule has 25 heavy (non-hydrogen) atoms. The van der Waals surface area contributed by atoms with Gasteiger partial charge in [-0.2, -0.15) is 10.2 Å². The molecule has 0 aromatic carbocycles. The summed E-state index contributed by atoms with van der Waals surface area (Å²) in [5, 5.41) is 11.2. The first-order valence-electron chi connectivity index (χ1n) is 8.52. The molecule has 0 aliphatic carbocycles. The molecule has 0 unspecified atom stereocenters. The molecule has 134 valence electrons. The number of aryl methyl sites for hydroxylation is 2. The van der Waals surface area contributed by atoms with E-state index in [0.29, 0.717) is 32.1 Å². The summed E-state index contributed by atoms with van der Waals surface area (Å²) in [7, 11) is 0. The largest absolute Gasteiger partial charge is 0.366 e. The number of amides is 1. The molecular weight excluding hydrogens is 324 g/mol. The number of nitrogens with zero attached hydrogens (tertiary/aromatic N) is 5. The summed E-state index contributed by atoms with van der Waals surface area (Å²) < 4.78 is 7.03. The number of nitrogens with one attached hydrogen (secondary N) is 1. The van der Waals surface area contributed by atoms with Gasteiger partial charge in [-0.15, -0.1) is 0 Å². The molecule has 9 nitrogen and oxygen atoms in total. The molecule has 1 saturated heterocycles. The van der Waals surface area contributed by atoms with Gasteiger partial charge in [0.25, 0.3) is 11.5 Å². The van der Waals surface area contributed by atoms with Gasteiger partial charge >= 0.3 is 0 Å². The van der Waals surface area contributed by atoms with Gasteiger partial charge in [0, 0.05) is 25.6 Å². The van der Waals surface area contributed by atoms with E-state index in [0.717, 1.165) is 18.7 Å². The second-order valence-electron chi connectivity index (χ2n) is 5.88. The Morgan fingerprint density at radius 2 is 2.24 bits per heavy atom. The predicted molar refractivity (Wildman–Crippen MR) is 89.1 cm³/mol. The van der Waals surface area contributed by atoms with E-state index in [-0.39, 0.29) is 23.3 Å². The Labute approximate surface area is 145 Å². The van der Waals surface area contributed by atoms with Crippen molar-refractivity contribution in [2.45, 2.75) is 39.3 Å². The van der Waals surface area contributed by atoms with Crippen LogP contribution in [0.5, 0.6) is 0 Å². The van der Waals surface area contributed by atoms with Gasteiger partial charge in [0.2, 0.25) is 0 Å². The van der Waals surface area contributed by atoms with Gasteiger partial charge in [-0.25, -0.2) is 9.67 Å². The van der Waals surface area contributed by atoms with Crippen molar-refractivity contribution in [1.82, 2.24) is 29.9 Å². The van der Waals surface area contributed by atoms with Gasteiger partial charge in [0.05, 0.1) is 13.2 Å². The van der Waals surface area contributed by atoms with Crippen LogP contribution in [0.1, 0.15) is 48.5 Å². The molecule has 3 rings (SSSR count). The first-order chi connectivity index (χ1) is 12.1. The van der Waals surface area contributed by atoms with Gasteiger partial charge in [-0.1, -0.05) is 13.8 Å². The first kappa shape index (κ1) is 17.3. The number of hydrogen-bond donors (Lipinski definition) is 1. The van der Waals surface area contributed by atoms with Crippen molar-refractivity contribution in [1.29, 1.82) is 0 Å². The molecule has 0 spiro atoms. The fraction of sp³-hybridized carbons (Fsp3) is 0.562. The molecule has 0 saturated carbocycles. The van der Waals surface area contributed by atoms with Crippen LogP contribution in [0.25, 0.3) is 0 Å². The molecule has 9 heteroatoms. The maximum Gasteiger partial charge on any atom is 0.274 e. The lowest BCUT2D eigenvalue weighted by atomic mass is 10.2. The Morgan fingerprint density at radius 3 is 2.96 bits per heavy atom. The summed E-state index contributed by atoms with van der Waals surface area (Å²) in [5.74, 6) is 1.12. The van der Waals surface area contributed by atoms with Crippen molar-refractivity contribution in [2.24, 2.45) is 0 Å². The third-order valence-corrected chi connectivity index (χ3v) is 4.05. The van der Waals surface area contributed by atoms with Gasteiger partial charge in [-0.3, -0.25) is 14.7 Å². The number of hydrogen-bond acceptors (Lipinski definition) is 6. The Balaban J connectivity index is 1.75. The third kappa shape index (κ3) is 3.76. The lowest BCUT2D eigenvalue weighted by Gasteiger charge is -2.31. The number of H-pyrrole nitrogens is 1. The summed E-state index contributed by atoms with van der Waals surface area (Å²) in [6.07, 6.45) is 1.16. The molecule has 1 aliphatic heterocycles. The normalized spacial score (nSPS) is 17.7. The van der Waals surface area contributed by atoms with Crippen molar-refractivity contribution >= 4 is 5.91 Å². The molecular formula is C16H22N6O3. The molecule has 1 aliphatic rings. The van der Waals surface area contributed by atoms with Crippen molar-refractivity contribution in [3.05, 3.63) is 39.8 Å². The van der Waals surface area contributed by atoms with Crippen LogP contribution in [0.2, 0.25) is 0 Å². The van der Waals surface area contributed by atoms with Crippen molar-refractivity contribution in [2.75, 3.05) is 19.7 Å². The SMILES string of the molecule is CCCn1nc(C(=O)N2CCO[C@H](c3n[nH]c(CC)n3)C2)ccc1=O. The van der Waals surface area contributed by atoms with Gasteiger partial charge in [-0.05, 0) is 12.5 Å². The Hall–Kier alpha value is -2.55. The van der Waals surface area contributed by atoms with Crippen LogP contribution in [0.3, 0.4) is 0 Å². The number of morpholine rings is 1. The average Bonchev–Trinajstić information content (AvgIpc) is 3.12. The Bertz CT molecular complexity index is 799. The number of aromatic nitrogens is 5. The molecule has 1 atom stereocenters. The minimum Gasteiger partial charge on any atom is -0.366 e. The van der Waals surface area contributed by atoms with Crippen molar-refractivity contribution in [3.8, 4) is 0 Å². The highest BCUT2D eigenvalue weighted by Crippen LogP contribution is 2.20. The van der Waals surface area contributed by atoms with Crippen LogP contribution in [0.15, 0.2) is 16.9 Å². The highest BCUT2D eigenvalue weighted by molar-refractivity contribution is 5.92. The Morgan fingerprint density at radius 1 is 1.40 bits per heavy atom. The lowest BCUT2D eigenvalue weighted by Crippen LogP contribution is -2.43. The minimum absolute atomic E-state index is 0.203. The number of carbonyl (C=O) groups is 1. The zero-order chi connectivity index (χ0) is 17.8. The summed E-state index contributed by atoms with van der Waals surface area (Å²) in [4.78, 5) is 30.6.